The first kappa shape index (κ1) is 16.3. The van der Waals surface area contributed by atoms with E-state index in [2.05, 4.69) is 0 Å². The number of ether oxygens (including phenoxy) is 1. The topological polar surface area (TPSA) is 66.8 Å². The lowest BCUT2D eigenvalue weighted by molar-refractivity contribution is -0.145. The minimum atomic E-state index is -0.805. The molecule has 1 saturated heterocycles. The zero-order chi connectivity index (χ0) is 16.1. The third kappa shape index (κ3) is 4.00. The summed E-state index contributed by atoms with van der Waals surface area (Å²) in [5, 5.41) is 9.10. The van der Waals surface area contributed by atoms with Crippen LogP contribution in [0.25, 0.3) is 0 Å². The van der Waals surface area contributed by atoms with Crippen molar-refractivity contribution in [3.05, 3.63) is 29.8 Å². The number of rotatable bonds is 5. The number of carbonyl (C=O) groups is 2. The molecule has 120 valence electrons. The van der Waals surface area contributed by atoms with Crippen LogP contribution in [0.5, 0.6) is 5.75 Å². The monoisotopic (exact) mass is 305 g/mol. The number of amides is 1. The molecule has 1 aromatic carbocycles. The number of hydrogen-bond acceptors (Lipinski definition) is 3. The van der Waals surface area contributed by atoms with Gasteiger partial charge in [0.05, 0.1) is 13.0 Å². The van der Waals surface area contributed by atoms with Gasteiger partial charge < -0.3 is 14.7 Å². The van der Waals surface area contributed by atoms with Gasteiger partial charge in [0.25, 0.3) is 0 Å². The van der Waals surface area contributed by atoms with E-state index in [-0.39, 0.29) is 11.8 Å². The summed E-state index contributed by atoms with van der Waals surface area (Å²) in [5.74, 6) is -0.296. The van der Waals surface area contributed by atoms with E-state index in [0.29, 0.717) is 25.9 Å². The maximum Gasteiger partial charge on any atom is 0.308 e. The van der Waals surface area contributed by atoms with E-state index in [4.69, 9.17) is 9.84 Å². The van der Waals surface area contributed by atoms with Crippen molar-refractivity contribution < 1.29 is 19.4 Å². The molecule has 0 aliphatic carbocycles. The highest BCUT2D eigenvalue weighted by Crippen LogP contribution is 2.24. The Morgan fingerprint density at radius 2 is 2.05 bits per heavy atom. The number of piperidine rings is 1. The summed E-state index contributed by atoms with van der Waals surface area (Å²) in [6, 6.07) is 7.70. The summed E-state index contributed by atoms with van der Waals surface area (Å²) in [7, 11) is 1.62. The second kappa shape index (κ2) is 7.29. The quantitative estimate of drug-likeness (QED) is 0.907. The molecule has 22 heavy (non-hydrogen) atoms. The zero-order valence-electron chi connectivity index (χ0n) is 13.1. The van der Waals surface area contributed by atoms with Crippen molar-refractivity contribution in [3.63, 3.8) is 0 Å². The van der Waals surface area contributed by atoms with E-state index in [0.717, 1.165) is 17.7 Å². The minimum Gasteiger partial charge on any atom is -0.497 e. The average Bonchev–Trinajstić information content (AvgIpc) is 2.54. The smallest absolute Gasteiger partial charge is 0.308 e. The molecule has 5 nitrogen and oxygen atoms in total. The number of likely N-dealkylation sites (tertiary alicyclic amines) is 1. The Labute approximate surface area is 130 Å². The molecule has 1 heterocycles. The van der Waals surface area contributed by atoms with Crippen LogP contribution < -0.4 is 4.74 Å². The van der Waals surface area contributed by atoms with Crippen LogP contribution in [-0.4, -0.2) is 42.1 Å². The minimum absolute atomic E-state index is 0.0364. The van der Waals surface area contributed by atoms with E-state index >= 15 is 0 Å². The second-order valence-corrected chi connectivity index (χ2v) is 5.90. The van der Waals surface area contributed by atoms with Gasteiger partial charge in [0.15, 0.2) is 0 Å². The van der Waals surface area contributed by atoms with Crippen LogP contribution in [0.15, 0.2) is 24.3 Å². The molecular weight excluding hydrogens is 282 g/mol. The van der Waals surface area contributed by atoms with Crippen molar-refractivity contribution in [2.24, 2.45) is 5.92 Å². The number of benzene rings is 1. The lowest BCUT2D eigenvalue weighted by atomic mass is 9.94. The molecule has 0 radical (unpaired) electrons. The predicted molar refractivity (Wildman–Crippen MR) is 83.0 cm³/mol. The third-order valence-corrected chi connectivity index (χ3v) is 4.29. The molecule has 0 bridgehead atoms. The maximum absolute atomic E-state index is 12.4. The molecule has 1 aromatic rings. The molecule has 0 spiro atoms. The van der Waals surface area contributed by atoms with Gasteiger partial charge in [-0.1, -0.05) is 19.1 Å². The van der Waals surface area contributed by atoms with Gasteiger partial charge in [0, 0.05) is 19.5 Å². The fraction of sp³-hybridized carbons (Fsp3) is 0.529. The molecule has 1 N–H and O–H groups in total. The van der Waals surface area contributed by atoms with E-state index in [1.165, 1.54) is 0 Å². The SMILES string of the molecule is COc1ccc([C@@H](C)CC(=O)N2CCC[C@@H](C(=O)O)C2)cc1. The van der Waals surface area contributed by atoms with E-state index in [9.17, 15) is 9.59 Å². The molecule has 0 unspecified atom stereocenters. The Morgan fingerprint density at radius 3 is 2.64 bits per heavy atom. The highest BCUT2D eigenvalue weighted by atomic mass is 16.5. The van der Waals surface area contributed by atoms with Gasteiger partial charge in [-0.25, -0.2) is 0 Å². The largest absolute Gasteiger partial charge is 0.497 e. The summed E-state index contributed by atoms with van der Waals surface area (Å²) in [6.45, 7) is 3.01. The lowest BCUT2D eigenvalue weighted by Crippen LogP contribution is -2.42. The highest BCUT2D eigenvalue weighted by molar-refractivity contribution is 5.78. The van der Waals surface area contributed by atoms with Crippen molar-refractivity contribution in [2.75, 3.05) is 20.2 Å². The first-order valence-electron chi connectivity index (χ1n) is 7.65. The van der Waals surface area contributed by atoms with Crippen LogP contribution in [0.1, 0.15) is 37.7 Å². The van der Waals surface area contributed by atoms with Crippen LogP contribution >= 0.6 is 0 Å². The average molecular weight is 305 g/mol. The molecule has 2 atom stereocenters. The molecule has 0 saturated carbocycles. The Hall–Kier alpha value is -2.04. The Bertz CT molecular complexity index is 526. The molecule has 2 rings (SSSR count). The lowest BCUT2D eigenvalue weighted by Gasteiger charge is -2.31. The van der Waals surface area contributed by atoms with Crippen LogP contribution in [0.2, 0.25) is 0 Å². The number of carboxylic acid groups (broad SMARTS) is 1. The summed E-state index contributed by atoms with van der Waals surface area (Å²) >= 11 is 0. The number of carboxylic acids is 1. The van der Waals surface area contributed by atoms with Crippen molar-refractivity contribution in [1.29, 1.82) is 0 Å². The molecule has 1 aliphatic rings. The van der Waals surface area contributed by atoms with Crippen LogP contribution in [0, 0.1) is 5.92 Å². The van der Waals surface area contributed by atoms with Crippen LogP contribution in [0.3, 0.4) is 0 Å². The number of nitrogens with zero attached hydrogens (tertiary/aromatic N) is 1. The van der Waals surface area contributed by atoms with Gasteiger partial charge in [-0.2, -0.15) is 0 Å². The van der Waals surface area contributed by atoms with E-state index in [1.807, 2.05) is 31.2 Å². The van der Waals surface area contributed by atoms with E-state index < -0.39 is 11.9 Å². The Kier molecular flexibility index (Phi) is 5.41. The number of hydrogen-bond donors (Lipinski definition) is 1. The number of carbonyl (C=O) groups excluding carboxylic acids is 1. The van der Waals surface area contributed by atoms with E-state index in [1.54, 1.807) is 12.0 Å². The second-order valence-electron chi connectivity index (χ2n) is 5.90. The van der Waals surface area contributed by atoms with Gasteiger partial charge in [-0.15, -0.1) is 0 Å². The molecule has 1 amide bonds. The van der Waals surface area contributed by atoms with Crippen molar-refractivity contribution in [1.82, 2.24) is 4.90 Å². The van der Waals surface area contributed by atoms with Crippen molar-refractivity contribution in [3.8, 4) is 5.75 Å². The van der Waals surface area contributed by atoms with Gasteiger partial charge in [-0.3, -0.25) is 9.59 Å². The summed E-state index contributed by atoms with van der Waals surface area (Å²) in [4.78, 5) is 25.2. The van der Waals surface area contributed by atoms with Crippen molar-refractivity contribution in [2.45, 2.75) is 32.1 Å². The number of methoxy groups -OCH3 is 1. The first-order chi connectivity index (χ1) is 10.5. The van der Waals surface area contributed by atoms with Crippen LogP contribution in [-0.2, 0) is 9.59 Å². The van der Waals surface area contributed by atoms with Gasteiger partial charge >= 0.3 is 5.97 Å². The molecule has 1 aliphatic heterocycles. The fourth-order valence-corrected chi connectivity index (χ4v) is 2.85. The summed E-state index contributed by atoms with van der Waals surface area (Å²) in [6.07, 6.45) is 1.82. The predicted octanol–water partition coefficient (Wildman–Crippen LogP) is 2.51. The van der Waals surface area contributed by atoms with Gasteiger partial charge in [0.1, 0.15) is 5.75 Å². The van der Waals surface area contributed by atoms with Gasteiger partial charge in [-0.05, 0) is 36.5 Å². The summed E-state index contributed by atoms with van der Waals surface area (Å²) < 4.78 is 5.13. The Morgan fingerprint density at radius 1 is 1.36 bits per heavy atom. The fourth-order valence-electron chi connectivity index (χ4n) is 2.85. The Balaban J connectivity index is 1.93. The van der Waals surface area contributed by atoms with Crippen LogP contribution in [0.4, 0.5) is 0 Å². The van der Waals surface area contributed by atoms with Gasteiger partial charge in [0.2, 0.25) is 5.91 Å². The molecule has 1 fully saturated rings. The normalized spacial score (nSPS) is 19.5. The molecular formula is C17H23NO4. The number of aliphatic carboxylic acids is 1. The standard InChI is InChI=1S/C17H23NO4/c1-12(13-5-7-15(22-2)8-6-13)10-16(19)18-9-3-4-14(11-18)17(20)21/h5-8,12,14H,3-4,9-11H2,1-2H3,(H,20,21)/t12-,14+/m0/s1. The highest BCUT2D eigenvalue weighted by Gasteiger charge is 2.28. The molecule has 0 aromatic heterocycles. The first-order valence-corrected chi connectivity index (χ1v) is 7.65. The third-order valence-electron chi connectivity index (χ3n) is 4.29. The molecule has 5 heteroatoms. The van der Waals surface area contributed by atoms with Crippen molar-refractivity contribution >= 4 is 11.9 Å². The maximum atomic E-state index is 12.4. The summed E-state index contributed by atoms with van der Waals surface area (Å²) in [5.41, 5.74) is 1.08. The zero-order valence-corrected chi connectivity index (χ0v) is 13.1.